The fraction of sp³-hybridized carbons (Fsp3) is 1.00. The van der Waals surface area contributed by atoms with Crippen LogP contribution in [0, 0.1) is 0 Å². The van der Waals surface area contributed by atoms with Gasteiger partial charge in [-0.05, 0) is 19.9 Å². The summed E-state index contributed by atoms with van der Waals surface area (Å²) < 4.78 is 0. The zero-order valence-electron chi connectivity index (χ0n) is 8.51. The summed E-state index contributed by atoms with van der Waals surface area (Å²) in [5.41, 5.74) is 4.85. The van der Waals surface area contributed by atoms with E-state index in [2.05, 4.69) is 11.9 Å². The molecule has 3 N–H and O–H groups in total. The van der Waals surface area contributed by atoms with Crippen molar-refractivity contribution in [2.45, 2.75) is 32.3 Å². The van der Waals surface area contributed by atoms with Gasteiger partial charge in [0, 0.05) is 19.6 Å². The van der Waals surface area contributed by atoms with Crippen molar-refractivity contribution in [1.82, 2.24) is 4.90 Å². The number of nitrogens with zero attached hydrogens (tertiary/aromatic N) is 1. The Bertz CT molecular complexity index is 109. The molecule has 0 bridgehead atoms. The molecule has 0 unspecified atom stereocenters. The normalized spacial score (nSPS) is 22.8. The van der Waals surface area contributed by atoms with Gasteiger partial charge < -0.3 is 15.7 Å². The van der Waals surface area contributed by atoms with Crippen LogP contribution in [0.1, 0.15) is 26.7 Å². The summed E-state index contributed by atoms with van der Waals surface area (Å²) in [4.78, 5) is 2.21. The Labute approximate surface area is 75.6 Å². The van der Waals surface area contributed by atoms with Crippen molar-refractivity contribution in [2.24, 2.45) is 5.73 Å². The Kier molecular flexibility index (Phi) is 5.46. The van der Waals surface area contributed by atoms with Crippen molar-refractivity contribution >= 4 is 0 Å². The first kappa shape index (κ1) is 11.9. The van der Waals surface area contributed by atoms with Crippen molar-refractivity contribution in [3.63, 3.8) is 0 Å². The van der Waals surface area contributed by atoms with Gasteiger partial charge in [0.2, 0.25) is 0 Å². The van der Waals surface area contributed by atoms with Crippen LogP contribution in [-0.2, 0) is 0 Å². The molecule has 0 aliphatic carbocycles. The molecule has 0 radical (unpaired) electrons. The van der Waals surface area contributed by atoms with Gasteiger partial charge in [0.15, 0.2) is 0 Å². The lowest BCUT2D eigenvalue weighted by molar-refractivity contribution is -0.00751. The summed E-state index contributed by atoms with van der Waals surface area (Å²) in [7, 11) is 2.07. The molecule has 0 aromatic rings. The van der Waals surface area contributed by atoms with E-state index >= 15 is 0 Å². The van der Waals surface area contributed by atoms with Gasteiger partial charge in [0.25, 0.3) is 0 Å². The first-order valence-corrected chi connectivity index (χ1v) is 4.77. The van der Waals surface area contributed by atoms with E-state index in [-0.39, 0.29) is 0 Å². The van der Waals surface area contributed by atoms with Crippen LogP contribution < -0.4 is 5.73 Å². The van der Waals surface area contributed by atoms with E-state index in [1.54, 1.807) is 0 Å². The third-order valence-electron chi connectivity index (χ3n) is 2.30. The third-order valence-corrected chi connectivity index (χ3v) is 2.30. The average molecular weight is 174 g/mol. The van der Waals surface area contributed by atoms with E-state index in [9.17, 15) is 5.11 Å². The standard InChI is InChI=1S/C7H16N2O.C2H6/c1-9-4-2-7(10,6-8)3-5-9;1-2/h10H,2-6,8H2,1H3;1-2H3. The van der Waals surface area contributed by atoms with Gasteiger partial charge >= 0.3 is 0 Å². The molecule has 0 amide bonds. The quantitative estimate of drug-likeness (QED) is 0.606. The molecule has 3 nitrogen and oxygen atoms in total. The maximum atomic E-state index is 9.65. The van der Waals surface area contributed by atoms with Gasteiger partial charge in [0.1, 0.15) is 0 Å². The third kappa shape index (κ3) is 3.52. The van der Waals surface area contributed by atoms with E-state index in [4.69, 9.17) is 5.73 Å². The molecule has 12 heavy (non-hydrogen) atoms. The molecule has 1 saturated heterocycles. The highest BCUT2D eigenvalue weighted by molar-refractivity contribution is 4.85. The number of aliphatic hydroxyl groups is 1. The Morgan fingerprint density at radius 3 is 2.08 bits per heavy atom. The molecule has 0 aromatic heterocycles. The molecule has 1 rings (SSSR count). The predicted molar refractivity (Wildman–Crippen MR) is 52.1 cm³/mol. The van der Waals surface area contributed by atoms with Crippen LogP contribution in [0.5, 0.6) is 0 Å². The molecule has 3 heteroatoms. The number of nitrogens with two attached hydrogens (primary N) is 1. The van der Waals surface area contributed by atoms with Crippen LogP contribution in [0.2, 0.25) is 0 Å². The van der Waals surface area contributed by atoms with E-state index in [0.717, 1.165) is 25.9 Å². The highest BCUT2D eigenvalue weighted by Gasteiger charge is 2.28. The van der Waals surface area contributed by atoms with Gasteiger partial charge in [-0.25, -0.2) is 0 Å². The number of hydrogen-bond donors (Lipinski definition) is 2. The molecule has 1 aliphatic heterocycles. The Morgan fingerprint density at radius 2 is 1.75 bits per heavy atom. The first-order chi connectivity index (χ1) is 5.66. The highest BCUT2D eigenvalue weighted by atomic mass is 16.3. The lowest BCUT2D eigenvalue weighted by Crippen LogP contribution is -2.47. The predicted octanol–water partition coefficient (Wildman–Crippen LogP) is 0.428. The van der Waals surface area contributed by atoms with Gasteiger partial charge in [-0.1, -0.05) is 13.8 Å². The summed E-state index contributed by atoms with van der Waals surface area (Å²) in [6, 6.07) is 0. The van der Waals surface area contributed by atoms with Gasteiger partial charge in [-0.15, -0.1) is 0 Å². The van der Waals surface area contributed by atoms with Crippen molar-refractivity contribution in [1.29, 1.82) is 0 Å². The summed E-state index contributed by atoms with van der Waals surface area (Å²) in [6.45, 7) is 6.34. The molecule has 0 saturated carbocycles. The minimum absolute atomic E-state index is 0.404. The largest absolute Gasteiger partial charge is 0.388 e. The van der Waals surface area contributed by atoms with Crippen LogP contribution in [0.15, 0.2) is 0 Å². The molecule has 74 valence electrons. The Hall–Kier alpha value is -0.120. The number of hydrogen-bond acceptors (Lipinski definition) is 3. The van der Waals surface area contributed by atoms with Crippen LogP contribution in [0.4, 0.5) is 0 Å². The minimum atomic E-state index is -0.563. The van der Waals surface area contributed by atoms with E-state index in [1.165, 1.54) is 0 Å². The second-order valence-electron chi connectivity index (χ2n) is 3.23. The van der Waals surface area contributed by atoms with E-state index < -0.39 is 5.60 Å². The molecule has 1 fully saturated rings. The van der Waals surface area contributed by atoms with Crippen LogP contribution >= 0.6 is 0 Å². The lowest BCUT2D eigenvalue weighted by atomic mass is 9.92. The lowest BCUT2D eigenvalue weighted by Gasteiger charge is -2.35. The molecular weight excluding hydrogens is 152 g/mol. The second kappa shape index (κ2) is 5.51. The summed E-state index contributed by atoms with van der Waals surface area (Å²) >= 11 is 0. The van der Waals surface area contributed by atoms with E-state index in [1.807, 2.05) is 13.8 Å². The first-order valence-electron chi connectivity index (χ1n) is 4.77. The summed E-state index contributed by atoms with van der Waals surface area (Å²) in [5, 5.41) is 9.65. The van der Waals surface area contributed by atoms with Gasteiger partial charge in [0.05, 0.1) is 5.60 Å². The summed E-state index contributed by atoms with van der Waals surface area (Å²) in [6.07, 6.45) is 1.64. The van der Waals surface area contributed by atoms with Crippen molar-refractivity contribution < 1.29 is 5.11 Å². The fourth-order valence-electron chi connectivity index (χ4n) is 1.24. The zero-order valence-corrected chi connectivity index (χ0v) is 8.51. The Balaban J connectivity index is 0.000000561. The highest BCUT2D eigenvalue weighted by Crippen LogP contribution is 2.19. The van der Waals surface area contributed by atoms with Gasteiger partial charge in [-0.3, -0.25) is 0 Å². The number of piperidine rings is 1. The molecule has 1 aliphatic rings. The topological polar surface area (TPSA) is 49.5 Å². The average Bonchev–Trinajstić information content (AvgIpc) is 2.14. The molecular formula is C9H22N2O. The van der Waals surface area contributed by atoms with Crippen molar-refractivity contribution in [3.05, 3.63) is 0 Å². The van der Waals surface area contributed by atoms with E-state index in [0.29, 0.717) is 6.54 Å². The summed E-state index contributed by atoms with van der Waals surface area (Å²) in [5.74, 6) is 0. The van der Waals surface area contributed by atoms with Crippen LogP contribution in [-0.4, -0.2) is 42.3 Å². The van der Waals surface area contributed by atoms with Crippen LogP contribution in [0.3, 0.4) is 0 Å². The second-order valence-corrected chi connectivity index (χ2v) is 3.23. The maximum Gasteiger partial charge on any atom is 0.0793 e. The van der Waals surface area contributed by atoms with Gasteiger partial charge in [-0.2, -0.15) is 0 Å². The SMILES string of the molecule is CC.CN1CCC(O)(CN)CC1. The smallest absolute Gasteiger partial charge is 0.0793 e. The Morgan fingerprint density at radius 1 is 1.33 bits per heavy atom. The monoisotopic (exact) mass is 174 g/mol. The molecule has 0 aromatic carbocycles. The molecule has 0 atom stereocenters. The minimum Gasteiger partial charge on any atom is -0.388 e. The number of rotatable bonds is 1. The zero-order chi connectivity index (χ0) is 9.61. The van der Waals surface area contributed by atoms with Crippen molar-refractivity contribution in [3.8, 4) is 0 Å². The molecule has 1 heterocycles. The fourth-order valence-corrected chi connectivity index (χ4v) is 1.24. The number of likely N-dealkylation sites (tertiary alicyclic amines) is 1. The molecule has 0 spiro atoms. The maximum absolute atomic E-state index is 9.65. The van der Waals surface area contributed by atoms with Crippen LogP contribution in [0.25, 0.3) is 0 Å². The van der Waals surface area contributed by atoms with Crippen molar-refractivity contribution in [2.75, 3.05) is 26.7 Å².